The fraction of sp³-hybridized carbons (Fsp3) is 0.784. The number of hydrogen-bond donors (Lipinski definition) is 2. The molecule has 5 aliphatic rings. The Balaban J connectivity index is 0.00000128. The summed E-state index contributed by atoms with van der Waals surface area (Å²) in [4.78, 5) is 0. The molecule has 4 aliphatic carbocycles. The van der Waals surface area contributed by atoms with Gasteiger partial charge in [0.1, 0.15) is 0 Å². The highest BCUT2D eigenvalue weighted by molar-refractivity contribution is 5.44. The van der Waals surface area contributed by atoms with Gasteiger partial charge in [0.2, 0.25) is 0 Å². The Morgan fingerprint density at radius 2 is 1.85 bits per heavy atom. The van der Waals surface area contributed by atoms with Gasteiger partial charge in [0.05, 0.1) is 12.2 Å². The SMILES string of the molecule is C.C.C=C1C=CC2(C)C(=C1)CCC1C2C(C)CC2(C)C1CC1OC(CCC)CC12C(=C)CCCNC.CC.CN. The van der Waals surface area contributed by atoms with E-state index in [1.54, 1.807) is 5.57 Å². The lowest BCUT2D eigenvalue weighted by atomic mass is 9.42. The van der Waals surface area contributed by atoms with Gasteiger partial charge in [-0.3, -0.25) is 0 Å². The van der Waals surface area contributed by atoms with E-state index < -0.39 is 0 Å². The molecule has 5 rings (SSSR count). The van der Waals surface area contributed by atoms with Crippen molar-refractivity contribution in [2.45, 2.75) is 126 Å². The topological polar surface area (TPSA) is 47.3 Å². The van der Waals surface area contributed by atoms with E-state index in [0.29, 0.717) is 23.5 Å². The highest BCUT2D eigenvalue weighted by Gasteiger charge is 2.71. The van der Waals surface area contributed by atoms with Crippen LogP contribution in [-0.2, 0) is 4.74 Å². The molecule has 232 valence electrons. The standard InChI is InChI=1S/C32H49NO.C2H6.CH5N.2CH4/c1-8-10-25-20-32(23(4)11-9-16-33-7)28(34-25)18-27-26-13-12-24-17-21(2)14-15-30(24,5)29(26)22(3)19-31(27,32)6;2*1-2;;/h14-15,17,22,25-29,33H,2,4,8-13,16,18-20H2,1,3,5-7H3;1-2H3;2H2,1H3;2*1H4. The number of nitrogens with two attached hydrogens (primary N) is 1. The lowest BCUT2D eigenvalue weighted by molar-refractivity contribution is -0.0891. The van der Waals surface area contributed by atoms with Crippen molar-refractivity contribution >= 4 is 0 Å². The zero-order chi connectivity index (χ0) is 28.3. The maximum absolute atomic E-state index is 6.96. The smallest absolute Gasteiger partial charge is 0.0681 e. The zero-order valence-corrected chi connectivity index (χ0v) is 26.2. The van der Waals surface area contributed by atoms with Crippen LogP contribution in [0.25, 0.3) is 0 Å². The van der Waals surface area contributed by atoms with Gasteiger partial charge in [-0.15, -0.1) is 0 Å². The van der Waals surface area contributed by atoms with Crippen LogP contribution in [0.5, 0.6) is 0 Å². The van der Waals surface area contributed by atoms with Gasteiger partial charge in [-0.05, 0) is 107 Å². The number of fused-ring (bicyclic) bond motifs is 7. The molecule has 9 atom stereocenters. The van der Waals surface area contributed by atoms with Gasteiger partial charge in [-0.2, -0.15) is 0 Å². The molecule has 4 fully saturated rings. The summed E-state index contributed by atoms with van der Waals surface area (Å²) in [5, 5.41) is 3.35. The van der Waals surface area contributed by atoms with Crippen LogP contribution < -0.4 is 11.1 Å². The molecule has 1 heterocycles. The van der Waals surface area contributed by atoms with Gasteiger partial charge in [-0.1, -0.05) is 105 Å². The minimum absolute atomic E-state index is 0. The van der Waals surface area contributed by atoms with Crippen LogP contribution in [0.1, 0.15) is 114 Å². The van der Waals surface area contributed by atoms with Gasteiger partial charge in [0.25, 0.3) is 0 Å². The summed E-state index contributed by atoms with van der Waals surface area (Å²) in [6, 6.07) is 0. The highest BCUT2D eigenvalue weighted by Crippen LogP contribution is 2.75. The summed E-state index contributed by atoms with van der Waals surface area (Å²) in [6.45, 7) is 24.3. The van der Waals surface area contributed by atoms with Crippen molar-refractivity contribution in [3.05, 3.63) is 48.1 Å². The number of rotatable bonds is 7. The molecule has 0 aromatic rings. The summed E-state index contributed by atoms with van der Waals surface area (Å²) in [5.74, 6) is 2.98. The molecule has 0 aromatic carbocycles. The lowest BCUT2D eigenvalue weighted by Gasteiger charge is -2.62. The molecule has 3 N–H and O–H groups in total. The largest absolute Gasteiger partial charge is 0.374 e. The minimum atomic E-state index is 0. The summed E-state index contributed by atoms with van der Waals surface area (Å²) in [7, 11) is 3.57. The van der Waals surface area contributed by atoms with E-state index in [1.807, 2.05) is 13.8 Å². The molecular formula is C37H68N2O. The first-order valence-electron chi connectivity index (χ1n) is 15.9. The Kier molecular flexibility index (Phi) is 13.7. The lowest BCUT2D eigenvalue weighted by Crippen LogP contribution is -2.55. The summed E-state index contributed by atoms with van der Waals surface area (Å²) in [5.41, 5.74) is 9.50. The maximum Gasteiger partial charge on any atom is 0.0681 e. The van der Waals surface area contributed by atoms with E-state index in [2.05, 4.69) is 70.6 Å². The van der Waals surface area contributed by atoms with Crippen molar-refractivity contribution in [2.24, 2.45) is 45.7 Å². The van der Waals surface area contributed by atoms with E-state index >= 15 is 0 Å². The number of ether oxygens (including phenoxy) is 1. The molecule has 0 aromatic heterocycles. The van der Waals surface area contributed by atoms with Crippen LogP contribution in [0.15, 0.2) is 48.1 Å². The molecule has 0 amide bonds. The molecule has 40 heavy (non-hydrogen) atoms. The van der Waals surface area contributed by atoms with Gasteiger partial charge in [0, 0.05) is 10.8 Å². The van der Waals surface area contributed by atoms with Crippen molar-refractivity contribution in [1.29, 1.82) is 0 Å². The van der Waals surface area contributed by atoms with E-state index in [0.717, 1.165) is 30.7 Å². The molecule has 3 nitrogen and oxygen atoms in total. The van der Waals surface area contributed by atoms with Crippen molar-refractivity contribution in [3.63, 3.8) is 0 Å². The van der Waals surface area contributed by atoms with E-state index in [-0.39, 0.29) is 25.7 Å². The molecule has 1 saturated heterocycles. The summed E-state index contributed by atoms with van der Waals surface area (Å²) < 4.78 is 6.96. The number of allylic oxidation sites excluding steroid dienone is 5. The van der Waals surface area contributed by atoms with Crippen molar-refractivity contribution < 1.29 is 4.74 Å². The van der Waals surface area contributed by atoms with Crippen LogP contribution in [0.3, 0.4) is 0 Å². The maximum atomic E-state index is 6.96. The summed E-state index contributed by atoms with van der Waals surface area (Å²) in [6.07, 6.45) is 19.1. The second-order valence-corrected chi connectivity index (χ2v) is 13.1. The first-order chi connectivity index (χ1) is 18.2. The number of hydrogen-bond acceptors (Lipinski definition) is 3. The molecule has 3 saturated carbocycles. The van der Waals surface area contributed by atoms with Crippen molar-refractivity contribution in [1.82, 2.24) is 5.32 Å². The van der Waals surface area contributed by atoms with Crippen LogP contribution in [0.2, 0.25) is 0 Å². The Morgan fingerprint density at radius 1 is 1.18 bits per heavy atom. The Hall–Kier alpha value is -1.16. The van der Waals surface area contributed by atoms with Gasteiger partial charge in [0.15, 0.2) is 0 Å². The molecule has 0 radical (unpaired) electrons. The molecule has 1 aliphatic heterocycles. The van der Waals surface area contributed by atoms with Crippen molar-refractivity contribution in [3.8, 4) is 0 Å². The van der Waals surface area contributed by atoms with Gasteiger partial charge in [-0.25, -0.2) is 0 Å². The first-order valence-corrected chi connectivity index (χ1v) is 15.9. The Morgan fingerprint density at radius 3 is 2.48 bits per heavy atom. The van der Waals surface area contributed by atoms with Crippen LogP contribution >= 0.6 is 0 Å². The zero-order valence-electron chi connectivity index (χ0n) is 26.2. The fourth-order valence-electron chi connectivity index (χ4n) is 10.2. The highest BCUT2D eigenvalue weighted by atomic mass is 16.5. The van der Waals surface area contributed by atoms with Gasteiger partial charge < -0.3 is 15.8 Å². The second-order valence-electron chi connectivity index (χ2n) is 13.1. The third-order valence-electron chi connectivity index (χ3n) is 11.4. The van der Waals surface area contributed by atoms with E-state index in [9.17, 15) is 0 Å². The van der Waals surface area contributed by atoms with E-state index in [4.69, 9.17) is 11.3 Å². The average Bonchev–Trinajstić information content (AvgIpc) is 3.39. The Bertz CT molecular complexity index is 904. The predicted molar refractivity (Wildman–Crippen MR) is 179 cm³/mol. The number of nitrogens with one attached hydrogen (secondary N) is 1. The third-order valence-corrected chi connectivity index (χ3v) is 11.4. The second kappa shape index (κ2) is 14.8. The van der Waals surface area contributed by atoms with E-state index in [1.165, 1.54) is 69.6 Å². The molecule has 0 spiro atoms. The first kappa shape index (κ1) is 36.9. The van der Waals surface area contributed by atoms with Crippen molar-refractivity contribution in [2.75, 3.05) is 20.6 Å². The minimum Gasteiger partial charge on any atom is -0.374 e. The quantitative estimate of drug-likeness (QED) is 0.242. The van der Waals surface area contributed by atoms with Crippen LogP contribution in [0, 0.1) is 39.9 Å². The average molecular weight is 557 g/mol. The fourth-order valence-corrected chi connectivity index (χ4v) is 10.2. The molecule has 3 heteroatoms. The van der Waals surface area contributed by atoms with Crippen LogP contribution in [0.4, 0.5) is 0 Å². The third kappa shape index (κ3) is 5.73. The Labute approximate surface area is 250 Å². The molecule has 0 bridgehead atoms. The molecule has 9 unspecified atom stereocenters. The molecular weight excluding hydrogens is 488 g/mol. The normalized spacial score (nSPS) is 40.2. The summed E-state index contributed by atoms with van der Waals surface area (Å²) >= 11 is 0. The van der Waals surface area contributed by atoms with Gasteiger partial charge >= 0.3 is 0 Å². The monoisotopic (exact) mass is 557 g/mol. The predicted octanol–water partition coefficient (Wildman–Crippen LogP) is 9.51. The van der Waals surface area contributed by atoms with Crippen LogP contribution in [-0.4, -0.2) is 32.8 Å².